The monoisotopic (exact) mass is 1520 g/mol. The first kappa shape index (κ1) is 70.8. The van der Waals surface area contributed by atoms with E-state index >= 15 is 0 Å². The first-order valence-corrected chi connectivity index (χ1v) is 41.5. The molecular formula is C114H85N5. The van der Waals surface area contributed by atoms with Crippen molar-refractivity contribution >= 4 is 201 Å². The molecule has 1 aliphatic carbocycles. The fourth-order valence-electron chi connectivity index (χ4n) is 19.9. The molecule has 6 aromatic heterocycles. The molecule has 26 aromatic rings. The van der Waals surface area contributed by atoms with Gasteiger partial charge in [0, 0.05) is 130 Å². The fourth-order valence-corrected chi connectivity index (χ4v) is 19.9. The number of hydrogen-bond acceptors (Lipinski definition) is 0. The van der Waals surface area contributed by atoms with Gasteiger partial charge in [0.05, 0.1) is 22.1 Å². The number of nitrogens with zero attached hydrogens (tertiary/aromatic N) is 4. The van der Waals surface area contributed by atoms with Gasteiger partial charge >= 0.3 is 0 Å². The van der Waals surface area contributed by atoms with Crippen LogP contribution >= 0.6 is 0 Å². The number of fused-ring (bicyclic) bond motifs is 34. The maximum absolute atomic E-state index is 3.50. The van der Waals surface area contributed by atoms with Crippen molar-refractivity contribution in [3.05, 3.63) is 403 Å². The quantitative estimate of drug-likeness (QED) is 0.157. The van der Waals surface area contributed by atoms with Crippen LogP contribution in [0, 0.1) is 27.7 Å². The number of nitrogens with one attached hydrogen (secondary N) is 1. The molecule has 0 saturated carbocycles. The van der Waals surface area contributed by atoms with Crippen LogP contribution in [0.25, 0.3) is 212 Å². The maximum Gasteiger partial charge on any atom is 0.0620 e. The highest BCUT2D eigenvalue weighted by molar-refractivity contribution is 6.29. The standard InChI is InChI=1S/2C21H15N.C19H13N.C18H15N.C18H14.C17H13N/c1-22-18-12-10-14-6-2-4-8-16(14)20(18)21-17-9-5-3-7-15(17)11-13-19(21)22;1-22-20-13-16-8-3-2-7-15(16)12-19(20)18-11-10-14-6-4-5-9-17(14)21(18)22;1-12-10-15-13-6-2-4-8-17(13)20-18-9-5-3-7-14(18)16(11-12)19(15)20;1-12-7-9-16-15(11-12)18-14-6-4-3-5-13(14)8-10-17(18)19(16)2;1-12-6-7-14-11-15-9-8-13-4-2-3-5-16(13)18(15)17(14)10-12;1-11-6-8-15-14(10-11)17-13-5-3-2-4-12(13)7-9-16(17)18-15/h2*2-13H,1H3;2-11H,1H3;3-11H,1-2H3;2-10H,11H2,1H3;2-10,18H,1H3. The molecular weight excluding hydrogens is 1440 g/mol. The Labute approximate surface area is 689 Å². The van der Waals surface area contributed by atoms with Crippen LogP contribution in [0.1, 0.15) is 33.4 Å². The molecule has 0 bridgehead atoms. The number of rotatable bonds is 0. The molecule has 119 heavy (non-hydrogen) atoms. The molecule has 1 aliphatic rings. The van der Waals surface area contributed by atoms with Crippen molar-refractivity contribution in [3.8, 4) is 11.1 Å². The van der Waals surface area contributed by atoms with E-state index in [1.54, 1.807) is 0 Å². The van der Waals surface area contributed by atoms with Gasteiger partial charge in [-0.15, -0.1) is 0 Å². The summed E-state index contributed by atoms with van der Waals surface area (Å²) in [5, 5.41) is 34.7. The van der Waals surface area contributed by atoms with Crippen LogP contribution in [-0.4, -0.2) is 23.1 Å². The van der Waals surface area contributed by atoms with Gasteiger partial charge in [0.2, 0.25) is 0 Å². The third kappa shape index (κ3) is 11.7. The second-order valence-electron chi connectivity index (χ2n) is 32.8. The van der Waals surface area contributed by atoms with Gasteiger partial charge in [-0.1, -0.05) is 302 Å². The minimum Gasteiger partial charge on any atom is -0.354 e. The SMILES string of the molecule is Cc1cc2c3ccccc3n3c4ccccc4c(c1)c23.Cc1ccc2[nH]c3ccc4ccccc4c3c2c1.Cc1ccc2c(c1)-c1c(ccc3ccccc13)C2.Cc1ccc2c(c1)c1c3ccccc3ccc1n2C.Cn1c2cc3ccccc3cc2c2ccc3ccccc3c21.Cn1c2ccc3ccccc3c2c2c3ccccc3ccc21. The molecule has 0 atom stereocenters. The fraction of sp³-hybridized carbons (Fsp3) is 0.0702. The third-order valence-corrected chi connectivity index (χ3v) is 25.5. The molecule has 5 nitrogen and oxygen atoms in total. The van der Waals surface area contributed by atoms with Crippen molar-refractivity contribution in [2.24, 2.45) is 21.1 Å². The predicted octanol–water partition coefficient (Wildman–Crippen LogP) is 30.7. The number of aromatic nitrogens is 5. The van der Waals surface area contributed by atoms with E-state index in [-0.39, 0.29) is 0 Å². The molecule has 1 N–H and O–H groups in total. The van der Waals surface area contributed by atoms with Gasteiger partial charge in [-0.3, -0.25) is 0 Å². The van der Waals surface area contributed by atoms with Crippen LogP contribution in [0.5, 0.6) is 0 Å². The van der Waals surface area contributed by atoms with Crippen molar-refractivity contribution in [3.63, 3.8) is 0 Å². The number of hydrogen-bond donors (Lipinski definition) is 1. The topological polar surface area (TPSA) is 35.0 Å². The lowest BCUT2D eigenvalue weighted by atomic mass is 9.97. The summed E-state index contributed by atoms with van der Waals surface area (Å²) >= 11 is 0. The van der Waals surface area contributed by atoms with E-state index in [4.69, 9.17) is 0 Å². The molecule has 6 heterocycles. The number of aryl methyl sites for hydroxylation is 7. The first-order chi connectivity index (χ1) is 58.4. The Bertz CT molecular complexity index is 8450. The van der Waals surface area contributed by atoms with Crippen LogP contribution < -0.4 is 0 Å². The van der Waals surface area contributed by atoms with Crippen molar-refractivity contribution in [1.82, 2.24) is 23.1 Å². The molecule has 0 saturated heterocycles. The number of aromatic amines is 1. The number of benzene rings is 20. The summed E-state index contributed by atoms with van der Waals surface area (Å²) in [6.45, 7) is 8.65. The van der Waals surface area contributed by atoms with E-state index < -0.39 is 0 Å². The van der Waals surface area contributed by atoms with Gasteiger partial charge in [-0.2, -0.15) is 0 Å². The van der Waals surface area contributed by atoms with Gasteiger partial charge in [-0.05, 0) is 217 Å². The molecule has 0 amide bonds. The average Bonchev–Trinajstić information content (AvgIpc) is 1.55. The zero-order valence-electron chi connectivity index (χ0n) is 67.7. The Morgan fingerprint density at radius 2 is 0.605 bits per heavy atom. The second-order valence-corrected chi connectivity index (χ2v) is 32.8. The van der Waals surface area contributed by atoms with E-state index in [1.807, 2.05) is 0 Å². The molecule has 20 aromatic carbocycles. The zero-order valence-corrected chi connectivity index (χ0v) is 67.7. The number of para-hydroxylation sites is 2. The lowest BCUT2D eigenvalue weighted by molar-refractivity contribution is 1.01. The smallest absolute Gasteiger partial charge is 0.0620 e. The van der Waals surface area contributed by atoms with Crippen molar-refractivity contribution in [2.45, 2.75) is 34.1 Å². The second kappa shape index (κ2) is 28.3. The first-order valence-electron chi connectivity index (χ1n) is 41.5. The maximum atomic E-state index is 3.50. The molecule has 0 spiro atoms. The lowest BCUT2D eigenvalue weighted by Crippen LogP contribution is -1.87. The van der Waals surface area contributed by atoms with Crippen LogP contribution in [-0.2, 0) is 27.6 Å². The van der Waals surface area contributed by atoms with E-state index in [9.17, 15) is 0 Å². The summed E-state index contributed by atoms with van der Waals surface area (Å²) in [7, 11) is 6.48. The van der Waals surface area contributed by atoms with Crippen molar-refractivity contribution < 1.29 is 0 Å². The minimum absolute atomic E-state index is 1.08. The Morgan fingerprint density at radius 3 is 1.20 bits per heavy atom. The molecule has 27 rings (SSSR count). The normalized spacial score (nSPS) is 12.0. The van der Waals surface area contributed by atoms with Gasteiger partial charge in [0.1, 0.15) is 0 Å². The highest BCUT2D eigenvalue weighted by atomic mass is 15.0. The van der Waals surface area contributed by atoms with Crippen molar-refractivity contribution in [2.75, 3.05) is 0 Å². The molecule has 566 valence electrons. The van der Waals surface area contributed by atoms with Crippen molar-refractivity contribution in [1.29, 1.82) is 0 Å². The molecule has 0 fully saturated rings. The Kier molecular flexibility index (Phi) is 16.8. The van der Waals surface area contributed by atoms with E-state index in [2.05, 4.69) is 442 Å². The van der Waals surface area contributed by atoms with Crippen LogP contribution in [0.3, 0.4) is 0 Å². The average molecular weight is 1520 g/mol. The molecule has 0 aliphatic heterocycles. The summed E-state index contributed by atoms with van der Waals surface area (Å²) < 4.78 is 9.34. The Hall–Kier alpha value is -14.8. The summed E-state index contributed by atoms with van der Waals surface area (Å²) in [6.07, 6.45) is 1.08. The van der Waals surface area contributed by atoms with Gasteiger partial charge < -0.3 is 23.1 Å². The molecule has 5 heteroatoms. The number of H-pyrrole nitrogens is 1. The molecule has 0 unspecified atom stereocenters. The third-order valence-electron chi connectivity index (χ3n) is 25.5. The Balaban J connectivity index is 0.0000000861. The summed E-state index contributed by atoms with van der Waals surface area (Å²) in [6, 6.07) is 134. The summed E-state index contributed by atoms with van der Waals surface area (Å²) in [5.41, 5.74) is 25.3. The largest absolute Gasteiger partial charge is 0.354 e. The highest BCUT2D eigenvalue weighted by Gasteiger charge is 2.23. The van der Waals surface area contributed by atoms with Gasteiger partial charge in [0.15, 0.2) is 0 Å². The van der Waals surface area contributed by atoms with E-state index in [0.29, 0.717) is 0 Å². The highest BCUT2D eigenvalue weighted by Crippen LogP contribution is 2.45. The lowest BCUT2D eigenvalue weighted by Gasteiger charge is -2.07. The summed E-state index contributed by atoms with van der Waals surface area (Å²) in [5.74, 6) is 0. The minimum atomic E-state index is 1.08. The van der Waals surface area contributed by atoms with E-state index in [0.717, 1.165) is 6.42 Å². The van der Waals surface area contributed by atoms with Gasteiger partial charge in [-0.25, -0.2) is 0 Å². The predicted molar refractivity (Wildman–Crippen MR) is 514 cm³/mol. The van der Waals surface area contributed by atoms with Crippen LogP contribution in [0.15, 0.2) is 370 Å². The summed E-state index contributed by atoms with van der Waals surface area (Å²) in [4.78, 5) is 3.50. The van der Waals surface area contributed by atoms with Crippen LogP contribution in [0.2, 0.25) is 0 Å². The molecule has 0 radical (unpaired) electrons. The van der Waals surface area contributed by atoms with E-state index in [1.165, 1.54) is 245 Å². The van der Waals surface area contributed by atoms with Crippen LogP contribution in [0.4, 0.5) is 0 Å². The van der Waals surface area contributed by atoms with Gasteiger partial charge in [0.25, 0.3) is 0 Å². The zero-order chi connectivity index (χ0) is 79.8. The Morgan fingerprint density at radius 1 is 0.210 bits per heavy atom.